The standard InChI is InChI=1S/C16H38N2OSi2/c1-7-18(20(8-2,9-3)10-4)21(17-5,19-6)16-14-12-11-13-15-16/h16-17H,7-15H2,1-6H3. The van der Waals surface area contributed by atoms with Crippen molar-refractivity contribution in [2.24, 2.45) is 0 Å². The summed E-state index contributed by atoms with van der Waals surface area (Å²) in [6, 6.07) is 4.04. The summed E-state index contributed by atoms with van der Waals surface area (Å²) in [7, 11) is 0.706. The summed E-state index contributed by atoms with van der Waals surface area (Å²) < 4.78 is 9.29. The van der Waals surface area contributed by atoms with Crippen molar-refractivity contribution in [3.05, 3.63) is 0 Å². The van der Waals surface area contributed by atoms with E-state index in [0.29, 0.717) is 0 Å². The molecular formula is C16H38N2OSi2. The van der Waals surface area contributed by atoms with Gasteiger partial charge in [-0.3, -0.25) is 0 Å². The molecule has 1 fully saturated rings. The van der Waals surface area contributed by atoms with Crippen LogP contribution >= 0.6 is 0 Å². The van der Waals surface area contributed by atoms with Gasteiger partial charge in [0.05, 0.1) is 0 Å². The maximum atomic E-state index is 6.38. The van der Waals surface area contributed by atoms with Gasteiger partial charge < -0.3 is 13.6 Å². The van der Waals surface area contributed by atoms with E-state index in [1.165, 1.54) is 50.2 Å². The zero-order chi connectivity index (χ0) is 15.9. The zero-order valence-electron chi connectivity index (χ0n) is 15.3. The van der Waals surface area contributed by atoms with Crippen LogP contribution in [0, 0.1) is 0 Å². The predicted molar refractivity (Wildman–Crippen MR) is 98.2 cm³/mol. The number of nitrogens with zero attached hydrogens (tertiary/aromatic N) is 1. The topological polar surface area (TPSA) is 24.5 Å². The lowest BCUT2D eigenvalue weighted by Gasteiger charge is -2.53. The number of hydrogen-bond acceptors (Lipinski definition) is 3. The molecule has 0 aromatic heterocycles. The Kier molecular flexibility index (Phi) is 8.13. The minimum absolute atomic E-state index is 0.762. The minimum atomic E-state index is -2.03. The Hall–Kier alpha value is 0.314. The SMILES string of the molecule is CCN([Si](CC)(CC)CC)[Si](NC)(OC)C1CCCCC1. The molecule has 0 bridgehead atoms. The first-order valence-electron chi connectivity index (χ1n) is 9.12. The van der Waals surface area contributed by atoms with Crippen molar-refractivity contribution >= 4 is 16.9 Å². The monoisotopic (exact) mass is 330 g/mol. The molecule has 0 heterocycles. The maximum Gasteiger partial charge on any atom is 0.350 e. The minimum Gasteiger partial charge on any atom is -0.395 e. The van der Waals surface area contributed by atoms with Crippen LogP contribution < -0.4 is 4.98 Å². The third kappa shape index (κ3) is 3.63. The Morgan fingerprint density at radius 1 is 1.00 bits per heavy atom. The first-order valence-corrected chi connectivity index (χ1v) is 13.6. The van der Waals surface area contributed by atoms with E-state index in [4.69, 9.17) is 4.43 Å². The van der Waals surface area contributed by atoms with Gasteiger partial charge in [-0.25, -0.2) is 0 Å². The van der Waals surface area contributed by atoms with Gasteiger partial charge in [-0.1, -0.05) is 47.0 Å². The van der Waals surface area contributed by atoms with E-state index in [1.807, 2.05) is 7.11 Å². The second-order valence-corrected chi connectivity index (χ2v) is 15.7. The van der Waals surface area contributed by atoms with Gasteiger partial charge in [0.2, 0.25) is 0 Å². The molecule has 1 unspecified atom stereocenters. The molecule has 0 aliphatic heterocycles. The van der Waals surface area contributed by atoms with E-state index in [9.17, 15) is 0 Å². The summed E-state index contributed by atoms with van der Waals surface area (Å²) in [6.07, 6.45) is 6.92. The largest absolute Gasteiger partial charge is 0.395 e. The van der Waals surface area contributed by atoms with Crippen LogP contribution in [-0.4, -0.2) is 41.8 Å². The zero-order valence-corrected chi connectivity index (χ0v) is 17.3. The van der Waals surface area contributed by atoms with Crippen LogP contribution in [0.15, 0.2) is 0 Å². The van der Waals surface area contributed by atoms with E-state index >= 15 is 0 Å². The van der Waals surface area contributed by atoms with Crippen LogP contribution in [0.3, 0.4) is 0 Å². The molecule has 0 saturated heterocycles. The van der Waals surface area contributed by atoms with Crippen LogP contribution in [0.1, 0.15) is 59.8 Å². The van der Waals surface area contributed by atoms with Gasteiger partial charge in [-0.15, -0.1) is 0 Å². The lowest BCUT2D eigenvalue weighted by atomic mass is 10.0. The number of rotatable bonds is 9. The smallest absolute Gasteiger partial charge is 0.350 e. The average Bonchev–Trinajstić information content (AvgIpc) is 2.57. The molecule has 0 spiro atoms. The quantitative estimate of drug-likeness (QED) is 0.632. The molecule has 0 amide bonds. The highest BCUT2D eigenvalue weighted by Crippen LogP contribution is 2.41. The first-order chi connectivity index (χ1) is 10.1. The van der Waals surface area contributed by atoms with Crippen LogP contribution in [0.4, 0.5) is 0 Å². The molecule has 0 aromatic carbocycles. The Labute approximate surface area is 135 Å². The van der Waals surface area contributed by atoms with Crippen molar-refractivity contribution in [1.82, 2.24) is 9.21 Å². The number of nitrogens with one attached hydrogen (secondary N) is 1. The van der Waals surface area contributed by atoms with Crippen LogP contribution in [0.2, 0.25) is 23.7 Å². The molecule has 1 rings (SSSR count). The average molecular weight is 331 g/mol. The molecule has 5 heteroatoms. The molecule has 0 radical (unpaired) electrons. The lowest BCUT2D eigenvalue weighted by molar-refractivity contribution is 0.290. The van der Waals surface area contributed by atoms with Crippen molar-refractivity contribution in [3.63, 3.8) is 0 Å². The van der Waals surface area contributed by atoms with Crippen molar-refractivity contribution in [3.8, 4) is 0 Å². The van der Waals surface area contributed by atoms with Crippen LogP contribution in [0.5, 0.6) is 0 Å². The molecular weight excluding hydrogens is 292 g/mol. The Morgan fingerprint density at radius 2 is 1.52 bits per heavy atom. The molecule has 1 aliphatic carbocycles. The van der Waals surface area contributed by atoms with E-state index < -0.39 is 16.9 Å². The molecule has 1 atom stereocenters. The van der Waals surface area contributed by atoms with Gasteiger partial charge in [0.25, 0.3) is 0 Å². The van der Waals surface area contributed by atoms with Gasteiger partial charge in [-0.2, -0.15) is 0 Å². The molecule has 21 heavy (non-hydrogen) atoms. The van der Waals surface area contributed by atoms with Gasteiger partial charge in [0.15, 0.2) is 0 Å². The van der Waals surface area contributed by atoms with Gasteiger partial charge in [-0.05, 0) is 44.6 Å². The lowest BCUT2D eigenvalue weighted by Crippen LogP contribution is -2.75. The summed E-state index contributed by atoms with van der Waals surface area (Å²) in [5.41, 5.74) is 0.762. The van der Waals surface area contributed by atoms with E-state index in [2.05, 4.69) is 44.0 Å². The fourth-order valence-corrected chi connectivity index (χ4v) is 16.9. The summed E-state index contributed by atoms with van der Waals surface area (Å²) in [5, 5.41) is 0. The van der Waals surface area contributed by atoms with Crippen molar-refractivity contribution in [2.45, 2.75) is 83.5 Å². The van der Waals surface area contributed by atoms with Crippen molar-refractivity contribution in [2.75, 3.05) is 20.7 Å². The van der Waals surface area contributed by atoms with Crippen LogP contribution in [0.25, 0.3) is 0 Å². The highest BCUT2D eigenvalue weighted by atomic mass is 28.4. The molecule has 1 N–H and O–H groups in total. The Morgan fingerprint density at radius 3 is 1.86 bits per heavy atom. The second kappa shape index (κ2) is 8.82. The van der Waals surface area contributed by atoms with Gasteiger partial charge >= 0.3 is 8.64 Å². The summed E-state index contributed by atoms with van der Waals surface area (Å²) in [5.74, 6) is 0. The maximum absolute atomic E-state index is 6.38. The van der Waals surface area contributed by atoms with Crippen LogP contribution in [-0.2, 0) is 4.43 Å². The fraction of sp³-hybridized carbons (Fsp3) is 1.00. The Bertz CT molecular complexity index is 280. The van der Waals surface area contributed by atoms with Crippen molar-refractivity contribution < 1.29 is 4.43 Å². The van der Waals surface area contributed by atoms with E-state index in [1.54, 1.807) is 0 Å². The molecule has 0 aromatic rings. The van der Waals surface area contributed by atoms with E-state index in [0.717, 1.165) is 12.1 Å². The summed E-state index contributed by atoms with van der Waals surface area (Å²) in [4.78, 5) is 3.77. The third-order valence-electron chi connectivity index (χ3n) is 6.09. The Balaban J connectivity index is 3.20. The normalized spacial score (nSPS) is 20.7. The van der Waals surface area contributed by atoms with Gasteiger partial charge in [0, 0.05) is 12.7 Å². The fourth-order valence-electron chi connectivity index (χ4n) is 4.68. The van der Waals surface area contributed by atoms with E-state index in [-0.39, 0.29) is 0 Å². The highest BCUT2D eigenvalue weighted by molar-refractivity contribution is 6.89. The summed E-state index contributed by atoms with van der Waals surface area (Å²) >= 11 is 0. The molecule has 3 nitrogen and oxygen atoms in total. The molecule has 1 aliphatic rings. The first kappa shape index (κ1) is 19.4. The number of hydrogen-bond donors (Lipinski definition) is 1. The third-order valence-corrected chi connectivity index (χ3v) is 18.1. The summed E-state index contributed by atoms with van der Waals surface area (Å²) in [6.45, 7) is 10.7. The predicted octanol–water partition coefficient (Wildman–Crippen LogP) is 4.45. The molecule has 1 saturated carbocycles. The van der Waals surface area contributed by atoms with Gasteiger partial charge in [0.1, 0.15) is 8.24 Å². The second-order valence-electron chi connectivity index (χ2n) is 6.51. The van der Waals surface area contributed by atoms with Crippen molar-refractivity contribution in [1.29, 1.82) is 0 Å². The highest BCUT2D eigenvalue weighted by Gasteiger charge is 2.54. The molecule has 126 valence electrons.